The number of aryl methyl sites for hydroxylation is 2. The van der Waals surface area contributed by atoms with E-state index in [1.165, 1.54) is 27.7 Å². The highest BCUT2D eigenvalue weighted by Gasteiger charge is 2.09. The lowest BCUT2D eigenvalue weighted by molar-refractivity contribution is -0.131. The van der Waals surface area contributed by atoms with E-state index in [2.05, 4.69) is 49.2 Å². The minimum atomic E-state index is -1.01. The molecule has 0 radical (unpaired) electrons. The molecule has 0 amide bonds. The van der Waals surface area contributed by atoms with Gasteiger partial charge in [-0.25, -0.2) is 9.78 Å². The molecule has 0 aliphatic carbocycles. The van der Waals surface area contributed by atoms with E-state index < -0.39 is 5.97 Å². The second-order valence-electron chi connectivity index (χ2n) is 6.95. The van der Waals surface area contributed by atoms with Gasteiger partial charge in [-0.3, -0.25) is 0 Å². The molecule has 0 bridgehead atoms. The van der Waals surface area contributed by atoms with Crippen LogP contribution in [0.15, 0.2) is 71.6 Å². The summed E-state index contributed by atoms with van der Waals surface area (Å²) in [4.78, 5) is 16.9. The Balaban J connectivity index is 1.72. The predicted molar refractivity (Wildman–Crippen MR) is 122 cm³/mol. The van der Waals surface area contributed by atoms with Gasteiger partial charge in [0.25, 0.3) is 0 Å². The van der Waals surface area contributed by atoms with E-state index in [0.29, 0.717) is 23.8 Å². The number of benzene rings is 2. The third kappa shape index (κ3) is 6.22. The van der Waals surface area contributed by atoms with E-state index in [1.807, 2.05) is 30.3 Å². The second kappa shape index (κ2) is 10.6. The lowest BCUT2D eigenvalue weighted by Crippen LogP contribution is -2.04. The highest BCUT2D eigenvalue weighted by atomic mass is 32.2. The third-order valence-electron chi connectivity index (χ3n) is 4.59. The summed E-state index contributed by atoms with van der Waals surface area (Å²) in [7, 11) is 0. The van der Waals surface area contributed by atoms with Gasteiger partial charge in [-0.1, -0.05) is 48.5 Å². The van der Waals surface area contributed by atoms with Crippen molar-refractivity contribution in [1.29, 1.82) is 0 Å². The molecule has 154 valence electrons. The van der Waals surface area contributed by atoms with Gasteiger partial charge in [-0.15, -0.1) is 11.8 Å². The van der Waals surface area contributed by atoms with Gasteiger partial charge in [0.1, 0.15) is 11.4 Å². The van der Waals surface area contributed by atoms with Crippen LogP contribution >= 0.6 is 11.8 Å². The summed E-state index contributed by atoms with van der Waals surface area (Å²) < 4.78 is 5.92. The van der Waals surface area contributed by atoms with E-state index >= 15 is 0 Å². The molecule has 1 N–H and O–H groups in total. The molecule has 0 saturated heterocycles. The molecule has 2 aromatic carbocycles. The normalized spacial score (nSPS) is 11.0. The van der Waals surface area contributed by atoms with E-state index in [4.69, 9.17) is 9.84 Å². The molecule has 1 heterocycles. The molecular weight excluding hydrogens is 394 g/mol. The number of pyridine rings is 1. The molecule has 3 aromatic rings. The van der Waals surface area contributed by atoms with Gasteiger partial charge >= 0.3 is 5.97 Å². The molecule has 0 saturated carbocycles. The molecule has 0 spiro atoms. The Morgan fingerprint density at radius 3 is 2.47 bits per heavy atom. The number of aromatic nitrogens is 1. The van der Waals surface area contributed by atoms with Crippen LogP contribution in [0.25, 0.3) is 6.08 Å². The van der Waals surface area contributed by atoms with Crippen molar-refractivity contribution in [3.8, 4) is 5.75 Å². The van der Waals surface area contributed by atoms with Crippen molar-refractivity contribution in [2.24, 2.45) is 0 Å². The molecule has 0 unspecified atom stereocenters. The van der Waals surface area contributed by atoms with Crippen molar-refractivity contribution in [1.82, 2.24) is 4.98 Å². The maximum atomic E-state index is 11.0. The molecule has 3 rings (SSSR count). The summed E-state index contributed by atoms with van der Waals surface area (Å²) in [5, 5.41) is 9.01. The monoisotopic (exact) mass is 419 g/mol. The Hall–Kier alpha value is -3.05. The van der Waals surface area contributed by atoms with Crippen LogP contribution in [-0.2, 0) is 17.0 Å². The van der Waals surface area contributed by atoms with Gasteiger partial charge in [0.2, 0.25) is 0 Å². The molecule has 30 heavy (non-hydrogen) atoms. The quantitative estimate of drug-likeness (QED) is 0.356. The fraction of sp³-hybridized carbons (Fsp3) is 0.200. The topological polar surface area (TPSA) is 59.4 Å². The first-order chi connectivity index (χ1) is 14.5. The van der Waals surface area contributed by atoms with Crippen molar-refractivity contribution in [2.45, 2.75) is 30.9 Å². The molecule has 5 heteroatoms. The average molecular weight is 420 g/mol. The molecule has 0 aliphatic heterocycles. The highest BCUT2D eigenvalue weighted by Crippen LogP contribution is 2.29. The largest absolute Gasteiger partial charge is 0.491 e. The fourth-order valence-electron chi connectivity index (χ4n) is 3.07. The molecular formula is C25H25NO3S. The number of carboxylic acid groups (broad SMARTS) is 1. The first-order valence-corrected chi connectivity index (χ1v) is 10.8. The number of thioether (sulfide) groups is 1. The van der Waals surface area contributed by atoms with Gasteiger partial charge in [0.05, 0.1) is 12.3 Å². The predicted octanol–water partition coefficient (Wildman–Crippen LogP) is 5.71. The second-order valence-corrected chi connectivity index (χ2v) is 7.94. The first-order valence-electron chi connectivity index (χ1n) is 9.79. The molecule has 0 aliphatic rings. The maximum absolute atomic E-state index is 11.0. The van der Waals surface area contributed by atoms with Crippen LogP contribution in [0.3, 0.4) is 0 Å². The smallest absolute Gasteiger partial charge is 0.328 e. The van der Waals surface area contributed by atoms with Crippen LogP contribution < -0.4 is 4.74 Å². The Bertz CT molecular complexity index is 1010. The molecule has 0 fully saturated rings. The number of aliphatic carboxylic acids is 1. The zero-order valence-corrected chi connectivity index (χ0v) is 18.0. The van der Waals surface area contributed by atoms with E-state index in [9.17, 15) is 4.79 Å². The summed E-state index contributed by atoms with van der Waals surface area (Å²) in [6.45, 7) is 4.71. The minimum Gasteiger partial charge on any atom is -0.491 e. The van der Waals surface area contributed by atoms with E-state index in [1.54, 1.807) is 11.8 Å². The summed E-state index contributed by atoms with van der Waals surface area (Å²) in [5.41, 5.74) is 5.08. The summed E-state index contributed by atoms with van der Waals surface area (Å²) in [6, 6.07) is 20.2. The molecule has 0 atom stereocenters. The number of ether oxygens (including phenoxy) is 1. The van der Waals surface area contributed by atoms with Crippen molar-refractivity contribution < 1.29 is 14.6 Å². The van der Waals surface area contributed by atoms with Crippen LogP contribution in [0.5, 0.6) is 5.75 Å². The van der Waals surface area contributed by atoms with Crippen molar-refractivity contribution >= 4 is 23.8 Å². The Labute approximate surface area is 181 Å². The third-order valence-corrected chi connectivity index (χ3v) is 5.96. The summed E-state index contributed by atoms with van der Waals surface area (Å²) in [5.74, 6) is 0.274. The lowest BCUT2D eigenvalue weighted by Gasteiger charge is -2.12. The first kappa shape index (κ1) is 21.7. The fourth-order valence-corrected chi connectivity index (χ4v) is 4.12. The van der Waals surface area contributed by atoms with Crippen molar-refractivity contribution in [3.05, 3.63) is 94.8 Å². The van der Waals surface area contributed by atoms with Crippen molar-refractivity contribution in [3.63, 3.8) is 0 Å². The standard InChI is InChI=1S/C25H25NO3S/c1-18-7-6-8-19(2)25(18)30-17-21-11-13-23(22(26-21)12-14-24(27)28)29-16-15-20-9-4-3-5-10-20/h3-14H,15-17H2,1-2H3,(H,27,28). The number of hydrogen-bond donors (Lipinski definition) is 1. The van der Waals surface area contributed by atoms with E-state index in [0.717, 1.165) is 18.2 Å². The lowest BCUT2D eigenvalue weighted by atomic mass is 10.2. The number of hydrogen-bond acceptors (Lipinski definition) is 4. The van der Waals surface area contributed by atoms with Crippen molar-refractivity contribution in [2.75, 3.05) is 6.61 Å². The van der Waals surface area contributed by atoms with Gasteiger partial charge in [-0.05, 0) is 48.7 Å². The zero-order valence-electron chi connectivity index (χ0n) is 17.2. The summed E-state index contributed by atoms with van der Waals surface area (Å²) >= 11 is 1.74. The number of carbonyl (C=O) groups is 1. The van der Waals surface area contributed by atoms with Crippen LogP contribution in [0.1, 0.15) is 28.1 Å². The van der Waals surface area contributed by atoms with Crippen LogP contribution in [0.4, 0.5) is 0 Å². The van der Waals surface area contributed by atoms with E-state index in [-0.39, 0.29) is 0 Å². The van der Waals surface area contributed by atoms with Gasteiger partial charge in [0, 0.05) is 23.1 Å². The maximum Gasteiger partial charge on any atom is 0.328 e. The zero-order chi connectivity index (χ0) is 21.3. The summed E-state index contributed by atoms with van der Waals surface area (Å²) in [6.07, 6.45) is 3.36. The number of carboxylic acids is 1. The van der Waals surface area contributed by atoms with Gasteiger partial charge in [0.15, 0.2) is 0 Å². The SMILES string of the molecule is Cc1cccc(C)c1SCc1ccc(OCCc2ccccc2)c(C=CC(=O)O)n1. The Morgan fingerprint density at radius 2 is 1.77 bits per heavy atom. The molecule has 1 aromatic heterocycles. The highest BCUT2D eigenvalue weighted by molar-refractivity contribution is 7.98. The number of nitrogens with zero attached hydrogens (tertiary/aromatic N) is 1. The average Bonchev–Trinajstić information content (AvgIpc) is 2.73. The number of rotatable bonds is 9. The van der Waals surface area contributed by atoms with Crippen LogP contribution in [0, 0.1) is 13.8 Å². The minimum absolute atomic E-state index is 0.496. The Morgan fingerprint density at radius 1 is 1.03 bits per heavy atom. The van der Waals surface area contributed by atoms with Crippen LogP contribution in [0.2, 0.25) is 0 Å². The van der Waals surface area contributed by atoms with Gasteiger partial charge < -0.3 is 9.84 Å². The van der Waals surface area contributed by atoms with Gasteiger partial charge in [-0.2, -0.15) is 0 Å². The van der Waals surface area contributed by atoms with Crippen LogP contribution in [-0.4, -0.2) is 22.7 Å². The Kier molecular flexibility index (Phi) is 7.69. The molecule has 4 nitrogen and oxygen atoms in total.